The van der Waals surface area contributed by atoms with E-state index in [1.807, 2.05) is 20.8 Å². The van der Waals surface area contributed by atoms with Crippen molar-refractivity contribution in [3.05, 3.63) is 0 Å². The van der Waals surface area contributed by atoms with Crippen LogP contribution in [-0.4, -0.2) is 12.6 Å². The van der Waals surface area contributed by atoms with Gasteiger partial charge in [-0.15, -0.1) is 0 Å². The number of carbonyl (C=O) groups excluding carboxylic acids is 1. The van der Waals surface area contributed by atoms with Gasteiger partial charge in [-0.3, -0.25) is 4.79 Å². The van der Waals surface area contributed by atoms with Crippen LogP contribution in [0.3, 0.4) is 0 Å². The van der Waals surface area contributed by atoms with Crippen LogP contribution < -0.4 is 0 Å². The fraction of sp³-hybridized carbons (Fsp3) is 0.875. The van der Waals surface area contributed by atoms with Crippen molar-refractivity contribution in [1.29, 1.82) is 0 Å². The van der Waals surface area contributed by atoms with Crippen LogP contribution in [-0.2, 0) is 9.53 Å². The molecule has 0 radical (unpaired) electrons. The minimum absolute atomic E-state index is 0.0616. The lowest BCUT2D eigenvalue weighted by Gasteiger charge is -2.07. The summed E-state index contributed by atoms with van der Waals surface area (Å²) in [6.07, 6.45) is 1.77. The topological polar surface area (TPSA) is 26.3 Å². The highest BCUT2D eigenvalue weighted by molar-refractivity contribution is 5.71. The van der Waals surface area contributed by atoms with E-state index in [4.69, 9.17) is 4.74 Å². The van der Waals surface area contributed by atoms with Crippen molar-refractivity contribution in [3.8, 4) is 0 Å². The van der Waals surface area contributed by atoms with Crippen molar-refractivity contribution >= 4 is 5.97 Å². The van der Waals surface area contributed by atoms with Gasteiger partial charge in [0.25, 0.3) is 0 Å². The molecule has 2 nitrogen and oxygen atoms in total. The van der Waals surface area contributed by atoms with Gasteiger partial charge in [-0.05, 0) is 12.8 Å². The molecule has 0 aromatic rings. The van der Waals surface area contributed by atoms with Crippen LogP contribution in [0.4, 0.5) is 0 Å². The molecule has 60 valence electrons. The summed E-state index contributed by atoms with van der Waals surface area (Å²) < 4.78 is 4.90. The second kappa shape index (κ2) is 5.27. The van der Waals surface area contributed by atoms with Crippen LogP contribution >= 0.6 is 0 Å². The summed E-state index contributed by atoms with van der Waals surface area (Å²) in [6, 6.07) is 0. The van der Waals surface area contributed by atoms with E-state index in [-0.39, 0.29) is 11.9 Å². The van der Waals surface area contributed by atoms with Crippen LogP contribution in [0.5, 0.6) is 0 Å². The molecule has 0 aliphatic rings. The second-order valence-corrected chi connectivity index (χ2v) is 2.48. The van der Waals surface area contributed by atoms with Gasteiger partial charge in [0.1, 0.15) is 0 Å². The Morgan fingerprint density at radius 3 is 2.50 bits per heavy atom. The summed E-state index contributed by atoms with van der Waals surface area (Å²) in [5.74, 6) is -0.00380. The molecule has 0 heterocycles. The first-order valence-corrected chi connectivity index (χ1v) is 3.89. The van der Waals surface area contributed by atoms with Crippen LogP contribution in [0.1, 0.15) is 33.6 Å². The van der Waals surface area contributed by atoms with Gasteiger partial charge in [0.15, 0.2) is 0 Å². The lowest BCUT2D eigenvalue weighted by Crippen LogP contribution is -2.14. The predicted octanol–water partition coefficient (Wildman–Crippen LogP) is 1.99. The van der Waals surface area contributed by atoms with E-state index >= 15 is 0 Å². The molecule has 0 N–H and O–H groups in total. The van der Waals surface area contributed by atoms with Gasteiger partial charge in [0.2, 0.25) is 0 Å². The summed E-state index contributed by atoms with van der Waals surface area (Å²) in [6.45, 7) is 6.42. The third-order valence-electron chi connectivity index (χ3n) is 1.46. The molecule has 0 bridgehead atoms. The Morgan fingerprint density at radius 2 is 2.10 bits per heavy atom. The fourth-order valence-corrected chi connectivity index (χ4v) is 0.512. The highest BCUT2D eigenvalue weighted by Crippen LogP contribution is 2.02. The Kier molecular flexibility index (Phi) is 4.99. The summed E-state index contributed by atoms with van der Waals surface area (Å²) in [5.41, 5.74) is 0. The molecule has 0 fully saturated rings. The Labute approximate surface area is 62.6 Å². The van der Waals surface area contributed by atoms with E-state index in [1.54, 1.807) is 0 Å². The van der Waals surface area contributed by atoms with Gasteiger partial charge in [-0.2, -0.15) is 0 Å². The third kappa shape index (κ3) is 3.49. The zero-order valence-electron chi connectivity index (χ0n) is 7.02. The number of hydrogen-bond acceptors (Lipinski definition) is 2. The van der Waals surface area contributed by atoms with Gasteiger partial charge in [0, 0.05) is 0 Å². The minimum Gasteiger partial charge on any atom is -0.465 e. The molecule has 0 aromatic carbocycles. The number of ether oxygens (including phenoxy) is 1. The smallest absolute Gasteiger partial charge is 0.308 e. The third-order valence-corrected chi connectivity index (χ3v) is 1.46. The average Bonchev–Trinajstić information content (AvgIpc) is 1.98. The number of hydrogen-bond donors (Lipinski definition) is 0. The summed E-state index contributed by atoms with van der Waals surface area (Å²) in [4.78, 5) is 10.9. The van der Waals surface area contributed by atoms with Gasteiger partial charge < -0.3 is 4.74 Å². The molecule has 10 heavy (non-hydrogen) atoms. The lowest BCUT2D eigenvalue weighted by molar-refractivity contribution is -0.148. The quantitative estimate of drug-likeness (QED) is 0.564. The van der Waals surface area contributed by atoms with E-state index in [9.17, 15) is 4.79 Å². The van der Waals surface area contributed by atoms with Crippen molar-refractivity contribution in [2.24, 2.45) is 5.92 Å². The number of esters is 1. The van der Waals surface area contributed by atoms with Crippen LogP contribution in [0, 0.1) is 5.92 Å². The first-order chi connectivity index (χ1) is 4.72. The zero-order chi connectivity index (χ0) is 7.98. The first-order valence-electron chi connectivity index (χ1n) is 3.89. The van der Waals surface area contributed by atoms with Crippen molar-refractivity contribution < 1.29 is 9.53 Å². The lowest BCUT2D eigenvalue weighted by atomic mass is 10.1. The van der Waals surface area contributed by atoms with Crippen molar-refractivity contribution in [2.75, 3.05) is 6.61 Å². The van der Waals surface area contributed by atoms with Gasteiger partial charge in [-0.1, -0.05) is 20.8 Å². The molecule has 0 aliphatic carbocycles. The van der Waals surface area contributed by atoms with Crippen molar-refractivity contribution in [3.63, 3.8) is 0 Å². The first kappa shape index (κ1) is 9.47. The highest BCUT2D eigenvalue weighted by Gasteiger charge is 2.10. The Balaban J connectivity index is 3.42. The zero-order valence-corrected chi connectivity index (χ0v) is 7.02. The van der Waals surface area contributed by atoms with Crippen molar-refractivity contribution in [2.45, 2.75) is 33.6 Å². The largest absolute Gasteiger partial charge is 0.465 e. The average molecular weight is 144 g/mol. The van der Waals surface area contributed by atoms with Gasteiger partial charge >= 0.3 is 5.97 Å². The molecule has 0 saturated heterocycles. The standard InChI is InChI=1S/C8H16O2/c1-4-6-10-8(9)7(3)5-2/h7H,4-6H2,1-3H3/t7-/m0/s1. The fourth-order valence-electron chi connectivity index (χ4n) is 0.512. The molecule has 0 aliphatic heterocycles. The molecule has 0 unspecified atom stereocenters. The summed E-state index contributed by atoms with van der Waals surface area (Å²) in [5, 5.41) is 0. The van der Waals surface area contributed by atoms with Crippen molar-refractivity contribution in [1.82, 2.24) is 0 Å². The monoisotopic (exact) mass is 144 g/mol. The normalized spacial score (nSPS) is 12.7. The number of carbonyl (C=O) groups is 1. The Morgan fingerprint density at radius 1 is 1.50 bits per heavy atom. The second-order valence-electron chi connectivity index (χ2n) is 2.48. The van der Waals surface area contributed by atoms with E-state index in [1.165, 1.54) is 0 Å². The van der Waals surface area contributed by atoms with Crippen LogP contribution in [0.2, 0.25) is 0 Å². The minimum atomic E-state index is -0.0654. The molecular weight excluding hydrogens is 128 g/mol. The summed E-state index contributed by atoms with van der Waals surface area (Å²) in [7, 11) is 0. The molecule has 1 atom stereocenters. The molecular formula is C8H16O2. The molecule has 2 heteroatoms. The molecule has 0 aromatic heterocycles. The SMILES string of the molecule is CCCOC(=O)[C@@H](C)CC. The molecule has 0 spiro atoms. The highest BCUT2D eigenvalue weighted by atomic mass is 16.5. The predicted molar refractivity (Wildman–Crippen MR) is 40.7 cm³/mol. The molecule has 0 saturated carbocycles. The van der Waals surface area contributed by atoms with Gasteiger partial charge in [0.05, 0.1) is 12.5 Å². The van der Waals surface area contributed by atoms with E-state index in [0.717, 1.165) is 12.8 Å². The van der Waals surface area contributed by atoms with Crippen LogP contribution in [0.15, 0.2) is 0 Å². The maximum atomic E-state index is 10.9. The van der Waals surface area contributed by atoms with E-state index in [2.05, 4.69) is 0 Å². The van der Waals surface area contributed by atoms with E-state index < -0.39 is 0 Å². The maximum Gasteiger partial charge on any atom is 0.308 e. The summed E-state index contributed by atoms with van der Waals surface area (Å²) >= 11 is 0. The Hall–Kier alpha value is -0.530. The van der Waals surface area contributed by atoms with E-state index in [0.29, 0.717) is 6.61 Å². The Bertz CT molecular complexity index is 99.4. The van der Waals surface area contributed by atoms with Gasteiger partial charge in [-0.25, -0.2) is 0 Å². The van der Waals surface area contributed by atoms with Crippen LogP contribution in [0.25, 0.3) is 0 Å². The maximum absolute atomic E-state index is 10.9. The molecule has 0 rings (SSSR count). The number of rotatable bonds is 4. The molecule has 0 amide bonds.